The quantitative estimate of drug-likeness (QED) is 0.662. The van der Waals surface area contributed by atoms with Crippen LogP contribution in [0.1, 0.15) is 26.5 Å². The summed E-state index contributed by atoms with van der Waals surface area (Å²) in [4.78, 5) is 16.5. The number of carbonyl (C=O) groups excluding carboxylic acids is 1. The van der Waals surface area contributed by atoms with Crippen LogP contribution >= 0.6 is 11.3 Å². The zero-order chi connectivity index (χ0) is 17.0. The topological polar surface area (TPSA) is 66.4 Å². The Morgan fingerprint density at radius 3 is 2.48 bits per heavy atom. The monoisotopic (exact) mass is 342 g/mol. The minimum absolute atomic E-state index is 0.416. The second kappa shape index (κ2) is 6.78. The fourth-order valence-corrected chi connectivity index (χ4v) is 2.50. The Morgan fingerprint density at radius 1 is 1.30 bits per heavy atom. The van der Waals surface area contributed by atoms with Crippen LogP contribution in [-0.4, -0.2) is 24.2 Å². The van der Waals surface area contributed by atoms with Crippen molar-refractivity contribution < 1.29 is 18.0 Å². The first-order chi connectivity index (χ1) is 10.8. The number of hydrogen-bond donors (Lipinski definition) is 2. The molecule has 0 saturated carbocycles. The van der Waals surface area contributed by atoms with E-state index in [9.17, 15) is 18.0 Å². The summed E-state index contributed by atoms with van der Waals surface area (Å²) in [5, 5.41) is 7.19. The highest BCUT2D eigenvalue weighted by atomic mass is 32.1. The third kappa shape index (κ3) is 4.28. The molecule has 0 bridgehead atoms. The number of halogens is 3. The molecule has 1 aromatic carbocycles. The molecular weight excluding hydrogens is 329 g/mol. The van der Waals surface area contributed by atoms with Gasteiger partial charge in [0.05, 0.1) is 17.5 Å². The molecule has 0 aliphatic rings. The van der Waals surface area contributed by atoms with Crippen LogP contribution in [0.15, 0.2) is 29.4 Å². The van der Waals surface area contributed by atoms with Crippen LogP contribution in [0.3, 0.4) is 0 Å². The predicted octanol–water partition coefficient (Wildman–Crippen LogP) is 3.28. The zero-order valence-corrected chi connectivity index (χ0v) is 13.0. The molecular formula is C14H13F3N4OS. The maximum Gasteiger partial charge on any atom is 0.416 e. The Balaban J connectivity index is 2.01. The summed E-state index contributed by atoms with van der Waals surface area (Å²) in [6, 6.07) is 4.45. The summed E-state index contributed by atoms with van der Waals surface area (Å²) in [5.41, 5.74) is 2.59. The lowest BCUT2D eigenvalue weighted by atomic mass is 10.1. The first-order valence-electron chi connectivity index (χ1n) is 6.47. The number of carbonyl (C=O) groups is 1. The molecule has 1 aromatic heterocycles. The minimum Gasteiger partial charge on any atom is -0.365 e. The van der Waals surface area contributed by atoms with Crippen LogP contribution in [0, 0.1) is 6.92 Å². The van der Waals surface area contributed by atoms with E-state index >= 15 is 0 Å². The first-order valence-corrected chi connectivity index (χ1v) is 7.28. The van der Waals surface area contributed by atoms with Gasteiger partial charge in [-0.3, -0.25) is 4.79 Å². The van der Waals surface area contributed by atoms with E-state index in [1.165, 1.54) is 29.7 Å². The molecule has 0 saturated heterocycles. The zero-order valence-electron chi connectivity index (χ0n) is 12.2. The van der Waals surface area contributed by atoms with Gasteiger partial charge in [-0.25, -0.2) is 10.4 Å². The maximum atomic E-state index is 12.4. The predicted molar refractivity (Wildman–Crippen MR) is 82.9 cm³/mol. The lowest BCUT2D eigenvalue weighted by molar-refractivity contribution is -0.137. The van der Waals surface area contributed by atoms with Crippen LogP contribution in [0.5, 0.6) is 0 Å². The van der Waals surface area contributed by atoms with E-state index in [4.69, 9.17) is 0 Å². The number of anilines is 1. The standard InChI is InChI=1S/C14H13F3N4OS/c1-8-11(23-13(18-2)20-8)12(22)21-19-7-9-3-5-10(6-4-9)14(15,16)17/h3-7H,1-2H3,(H,18,20)(H,21,22)/b19-7+. The highest BCUT2D eigenvalue weighted by Crippen LogP contribution is 2.28. The SMILES string of the molecule is CNc1nc(C)c(C(=O)N/N=C/c2ccc(C(F)(F)F)cc2)s1. The maximum absolute atomic E-state index is 12.4. The van der Waals surface area contributed by atoms with E-state index in [1.807, 2.05) is 0 Å². The van der Waals surface area contributed by atoms with E-state index in [0.29, 0.717) is 21.3 Å². The number of hydrazone groups is 1. The number of nitrogens with one attached hydrogen (secondary N) is 2. The second-order valence-electron chi connectivity index (χ2n) is 4.50. The fraction of sp³-hybridized carbons (Fsp3) is 0.214. The molecule has 1 heterocycles. The number of aromatic nitrogens is 1. The molecule has 1 amide bonds. The normalized spacial score (nSPS) is 11.7. The molecule has 23 heavy (non-hydrogen) atoms. The van der Waals surface area contributed by atoms with Gasteiger partial charge in [-0.05, 0) is 24.6 Å². The largest absolute Gasteiger partial charge is 0.416 e. The van der Waals surface area contributed by atoms with E-state index in [1.54, 1.807) is 14.0 Å². The van der Waals surface area contributed by atoms with Crippen molar-refractivity contribution in [2.75, 3.05) is 12.4 Å². The molecule has 0 fully saturated rings. The molecule has 0 unspecified atom stereocenters. The summed E-state index contributed by atoms with van der Waals surface area (Å²) in [6.07, 6.45) is -3.11. The second-order valence-corrected chi connectivity index (χ2v) is 5.50. The van der Waals surface area contributed by atoms with E-state index < -0.39 is 17.6 Å². The Hall–Kier alpha value is -2.42. The van der Waals surface area contributed by atoms with E-state index in [-0.39, 0.29) is 0 Å². The Bertz CT molecular complexity index is 723. The first kappa shape index (κ1) is 16.9. The summed E-state index contributed by atoms with van der Waals surface area (Å²) in [5.74, 6) is -0.426. The number of hydrogen-bond acceptors (Lipinski definition) is 5. The van der Waals surface area contributed by atoms with Crippen molar-refractivity contribution in [3.05, 3.63) is 46.0 Å². The molecule has 0 spiro atoms. The van der Waals surface area contributed by atoms with Gasteiger partial charge < -0.3 is 5.32 Å². The highest BCUT2D eigenvalue weighted by Gasteiger charge is 2.29. The summed E-state index contributed by atoms with van der Waals surface area (Å²) >= 11 is 1.19. The van der Waals surface area contributed by atoms with Crippen molar-refractivity contribution in [3.8, 4) is 0 Å². The summed E-state index contributed by atoms with van der Waals surface area (Å²) < 4.78 is 37.3. The van der Waals surface area contributed by atoms with Crippen molar-refractivity contribution in [1.29, 1.82) is 0 Å². The van der Waals surface area contributed by atoms with Gasteiger partial charge in [-0.2, -0.15) is 18.3 Å². The molecule has 122 valence electrons. The number of amides is 1. The van der Waals surface area contributed by atoms with E-state index in [2.05, 4.69) is 20.8 Å². The Kier molecular flexibility index (Phi) is 4.99. The van der Waals surface area contributed by atoms with Crippen molar-refractivity contribution >= 4 is 28.6 Å². The number of thiazole rings is 1. The van der Waals surface area contributed by atoms with Gasteiger partial charge in [0.2, 0.25) is 0 Å². The van der Waals surface area contributed by atoms with Crippen molar-refractivity contribution in [2.24, 2.45) is 5.10 Å². The van der Waals surface area contributed by atoms with Gasteiger partial charge in [-0.1, -0.05) is 23.5 Å². The Morgan fingerprint density at radius 2 is 1.96 bits per heavy atom. The highest BCUT2D eigenvalue weighted by molar-refractivity contribution is 7.17. The molecule has 5 nitrogen and oxygen atoms in total. The summed E-state index contributed by atoms with van der Waals surface area (Å²) in [7, 11) is 1.70. The van der Waals surface area contributed by atoms with E-state index in [0.717, 1.165) is 12.1 Å². The van der Waals surface area contributed by atoms with Crippen molar-refractivity contribution in [2.45, 2.75) is 13.1 Å². The molecule has 9 heteroatoms. The van der Waals surface area contributed by atoms with Crippen molar-refractivity contribution in [3.63, 3.8) is 0 Å². The van der Waals surface area contributed by atoms with Gasteiger partial charge in [0.15, 0.2) is 5.13 Å². The van der Waals surface area contributed by atoms with Gasteiger partial charge in [-0.15, -0.1) is 0 Å². The van der Waals surface area contributed by atoms with Crippen LogP contribution in [0.25, 0.3) is 0 Å². The smallest absolute Gasteiger partial charge is 0.365 e. The average Bonchev–Trinajstić information content (AvgIpc) is 2.88. The van der Waals surface area contributed by atoms with Crippen LogP contribution in [-0.2, 0) is 6.18 Å². The van der Waals surface area contributed by atoms with Gasteiger partial charge in [0.1, 0.15) is 4.88 Å². The number of aryl methyl sites for hydroxylation is 1. The Labute approximate surface area is 134 Å². The van der Waals surface area contributed by atoms with Crippen molar-refractivity contribution in [1.82, 2.24) is 10.4 Å². The number of benzene rings is 1. The molecule has 0 aliphatic carbocycles. The number of rotatable bonds is 4. The van der Waals surface area contributed by atoms with Gasteiger partial charge >= 0.3 is 6.18 Å². The third-order valence-electron chi connectivity index (χ3n) is 2.83. The molecule has 2 aromatic rings. The lowest BCUT2D eigenvalue weighted by Gasteiger charge is -2.05. The number of alkyl halides is 3. The lowest BCUT2D eigenvalue weighted by Crippen LogP contribution is -2.17. The minimum atomic E-state index is -4.38. The molecule has 2 rings (SSSR count). The molecule has 0 aliphatic heterocycles. The molecule has 0 atom stereocenters. The van der Waals surface area contributed by atoms with Crippen LogP contribution in [0.2, 0.25) is 0 Å². The third-order valence-corrected chi connectivity index (χ3v) is 4.01. The van der Waals surface area contributed by atoms with Gasteiger partial charge in [0, 0.05) is 7.05 Å². The van der Waals surface area contributed by atoms with Crippen LogP contribution in [0.4, 0.5) is 18.3 Å². The average molecular weight is 342 g/mol. The van der Waals surface area contributed by atoms with Crippen LogP contribution < -0.4 is 10.7 Å². The molecule has 2 N–H and O–H groups in total. The molecule has 0 radical (unpaired) electrons. The summed E-state index contributed by atoms with van der Waals surface area (Å²) in [6.45, 7) is 1.70. The van der Waals surface area contributed by atoms with Gasteiger partial charge in [0.25, 0.3) is 5.91 Å². The number of nitrogens with zero attached hydrogens (tertiary/aromatic N) is 2. The fourth-order valence-electron chi connectivity index (χ4n) is 1.69.